The molecule has 7 heteroatoms. The van der Waals surface area contributed by atoms with Crippen LogP contribution in [0.5, 0.6) is 0 Å². The van der Waals surface area contributed by atoms with E-state index in [1.807, 2.05) is 6.07 Å². The first-order valence-corrected chi connectivity index (χ1v) is 11.8. The highest BCUT2D eigenvalue weighted by Gasteiger charge is 2.25. The van der Waals surface area contributed by atoms with E-state index in [1.165, 1.54) is 29.9 Å². The lowest BCUT2D eigenvalue weighted by atomic mass is 9.91. The van der Waals surface area contributed by atoms with Crippen LogP contribution in [0.1, 0.15) is 71.6 Å². The molecule has 0 amide bonds. The Balaban J connectivity index is 0.00000272. The summed E-state index contributed by atoms with van der Waals surface area (Å²) in [6.45, 7) is 5.14. The van der Waals surface area contributed by atoms with Crippen molar-refractivity contribution >= 4 is 40.5 Å². The minimum absolute atomic E-state index is 0. The molecule has 1 aliphatic rings. The predicted octanol–water partition coefficient (Wildman–Crippen LogP) is 6.64. The van der Waals surface area contributed by atoms with Crippen molar-refractivity contribution < 1.29 is 13.7 Å². The van der Waals surface area contributed by atoms with E-state index in [9.17, 15) is 9.18 Å². The molecule has 0 aliphatic carbocycles. The van der Waals surface area contributed by atoms with Gasteiger partial charge in [-0.2, -0.15) is 0 Å². The molecule has 4 nitrogen and oxygen atoms in total. The van der Waals surface area contributed by atoms with Crippen molar-refractivity contribution in [2.45, 2.75) is 57.8 Å². The molecule has 0 atom stereocenters. The van der Waals surface area contributed by atoms with Crippen molar-refractivity contribution in [3.05, 3.63) is 51.6 Å². The van der Waals surface area contributed by atoms with E-state index in [-0.39, 0.29) is 24.0 Å². The number of fused-ring (bicyclic) bond motifs is 1. The molecule has 1 fully saturated rings. The van der Waals surface area contributed by atoms with Gasteiger partial charge in [-0.3, -0.25) is 4.79 Å². The molecule has 0 N–H and O–H groups in total. The number of nitrogens with zero attached hydrogens (tertiary/aromatic N) is 2. The summed E-state index contributed by atoms with van der Waals surface area (Å²) in [4.78, 5) is 17.1. The van der Waals surface area contributed by atoms with Gasteiger partial charge in [-0.1, -0.05) is 18.5 Å². The number of rotatable bonds is 9. The topological polar surface area (TPSA) is 46.3 Å². The molecule has 0 radical (unpaired) electrons. The second-order valence-electron chi connectivity index (χ2n) is 8.22. The molecule has 2 aromatic heterocycles. The Hall–Kier alpha value is -1.76. The normalized spacial score (nSPS) is 15.3. The Morgan fingerprint density at radius 3 is 2.81 bits per heavy atom. The Labute approximate surface area is 193 Å². The fourth-order valence-corrected chi connectivity index (χ4v) is 5.27. The monoisotopic (exact) mass is 464 g/mol. The number of benzene rings is 1. The number of piperidine rings is 1. The van der Waals surface area contributed by atoms with Crippen molar-refractivity contribution in [2.75, 3.05) is 19.6 Å². The van der Waals surface area contributed by atoms with Crippen LogP contribution < -0.4 is 0 Å². The van der Waals surface area contributed by atoms with E-state index < -0.39 is 0 Å². The van der Waals surface area contributed by atoms with Gasteiger partial charge in [0.25, 0.3) is 0 Å². The Morgan fingerprint density at radius 1 is 1.23 bits per heavy atom. The summed E-state index contributed by atoms with van der Waals surface area (Å²) in [7, 11) is 0. The van der Waals surface area contributed by atoms with E-state index in [1.54, 1.807) is 17.4 Å². The third-order valence-electron chi connectivity index (χ3n) is 6.03. The Bertz CT molecular complexity index is 995. The molecule has 168 valence electrons. The SMILES string of the molecule is CCCCc1ccc(C(=O)CCCN2CCC(c3noc4cc(F)ccc34)CC2)s1.Cl. The molecule has 3 aromatic rings. The van der Waals surface area contributed by atoms with Crippen molar-refractivity contribution in [1.82, 2.24) is 10.1 Å². The Kier molecular flexibility index (Phi) is 8.64. The summed E-state index contributed by atoms with van der Waals surface area (Å²) in [6, 6.07) is 8.75. The van der Waals surface area contributed by atoms with Gasteiger partial charge in [-0.25, -0.2) is 4.39 Å². The molecule has 31 heavy (non-hydrogen) atoms. The molecule has 0 bridgehead atoms. The lowest BCUT2D eigenvalue weighted by Crippen LogP contribution is -2.34. The fraction of sp³-hybridized carbons (Fsp3) is 0.500. The fourth-order valence-electron chi connectivity index (χ4n) is 4.25. The number of carbonyl (C=O) groups excluding carboxylic acids is 1. The van der Waals surface area contributed by atoms with E-state index in [2.05, 4.69) is 23.0 Å². The number of aryl methyl sites for hydroxylation is 1. The maximum absolute atomic E-state index is 13.4. The molecule has 1 aromatic carbocycles. The number of Topliss-reactive ketones (excluding diaryl/α,β-unsaturated/α-hetero) is 1. The van der Waals surface area contributed by atoms with Gasteiger partial charge in [-0.05, 0) is 76.0 Å². The van der Waals surface area contributed by atoms with Gasteiger partial charge in [0.1, 0.15) is 5.82 Å². The quantitative estimate of drug-likeness (QED) is 0.333. The van der Waals surface area contributed by atoms with Gasteiger partial charge in [0.05, 0.1) is 10.6 Å². The first-order valence-electron chi connectivity index (χ1n) is 11.0. The molecule has 0 unspecified atom stereocenters. The molecule has 3 heterocycles. The number of unbranched alkanes of at least 4 members (excludes halogenated alkanes) is 1. The molecular formula is C24H30ClFN2O2S. The lowest BCUT2D eigenvalue weighted by Gasteiger charge is -2.31. The van der Waals surface area contributed by atoms with E-state index in [0.717, 1.165) is 61.3 Å². The van der Waals surface area contributed by atoms with Crippen LogP contribution in [0.25, 0.3) is 11.0 Å². The smallest absolute Gasteiger partial charge is 0.172 e. The van der Waals surface area contributed by atoms with Gasteiger partial charge in [-0.15, -0.1) is 23.7 Å². The number of hydrogen-bond donors (Lipinski definition) is 0. The zero-order valence-corrected chi connectivity index (χ0v) is 19.6. The number of thiophene rings is 1. The van der Waals surface area contributed by atoms with Crippen LogP contribution in [0, 0.1) is 5.82 Å². The number of aromatic nitrogens is 1. The van der Waals surface area contributed by atoms with Crippen LogP contribution in [0.2, 0.25) is 0 Å². The molecule has 1 aliphatic heterocycles. The second-order valence-corrected chi connectivity index (χ2v) is 9.39. The van der Waals surface area contributed by atoms with Gasteiger partial charge in [0, 0.05) is 28.7 Å². The van der Waals surface area contributed by atoms with Gasteiger partial charge in [0.2, 0.25) is 0 Å². The van der Waals surface area contributed by atoms with Crippen molar-refractivity contribution in [1.29, 1.82) is 0 Å². The standard InChI is InChI=1S/C24H29FN2O2S.ClH/c1-2-3-5-19-8-10-23(30-19)21(28)6-4-13-27-14-11-17(12-15-27)24-20-9-7-18(25)16-22(20)29-26-24;/h7-10,16-17H,2-6,11-15H2,1H3;1H. The van der Waals surface area contributed by atoms with Crippen LogP contribution in [0.15, 0.2) is 34.9 Å². The average Bonchev–Trinajstić information content (AvgIpc) is 3.39. The number of halogens is 2. The van der Waals surface area contributed by atoms with Crippen molar-refractivity contribution in [3.63, 3.8) is 0 Å². The van der Waals surface area contributed by atoms with Crippen LogP contribution in [-0.2, 0) is 6.42 Å². The van der Waals surface area contributed by atoms with Gasteiger partial charge >= 0.3 is 0 Å². The third-order valence-corrected chi connectivity index (χ3v) is 7.21. The van der Waals surface area contributed by atoms with E-state index in [0.29, 0.717) is 17.9 Å². The number of carbonyl (C=O) groups is 1. The molecule has 0 spiro atoms. The minimum Gasteiger partial charge on any atom is -0.356 e. The van der Waals surface area contributed by atoms with Gasteiger partial charge in [0.15, 0.2) is 11.4 Å². The first-order chi connectivity index (χ1) is 14.6. The molecule has 0 saturated carbocycles. The highest BCUT2D eigenvalue weighted by atomic mass is 35.5. The van der Waals surface area contributed by atoms with Gasteiger partial charge < -0.3 is 9.42 Å². The summed E-state index contributed by atoms with van der Waals surface area (Å²) in [6.07, 6.45) is 7.00. The molecular weight excluding hydrogens is 435 g/mol. The predicted molar refractivity (Wildman–Crippen MR) is 126 cm³/mol. The Morgan fingerprint density at radius 2 is 2.03 bits per heavy atom. The first kappa shape index (κ1) is 23.9. The van der Waals surface area contributed by atoms with Crippen molar-refractivity contribution in [2.24, 2.45) is 0 Å². The maximum atomic E-state index is 13.4. The van der Waals surface area contributed by atoms with Crippen LogP contribution in [-0.4, -0.2) is 35.5 Å². The summed E-state index contributed by atoms with van der Waals surface area (Å²) >= 11 is 1.66. The molecule has 4 rings (SSSR count). The highest BCUT2D eigenvalue weighted by molar-refractivity contribution is 7.14. The maximum Gasteiger partial charge on any atom is 0.172 e. The summed E-state index contributed by atoms with van der Waals surface area (Å²) < 4.78 is 18.7. The third kappa shape index (κ3) is 5.93. The van der Waals surface area contributed by atoms with E-state index in [4.69, 9.17) is 4.52 Å². The zero-order chi connectivity index (χ0) is 20.9. The molecule has 1 saturated heterocycles. The van der Waals surface area contributed by atoms with Crippen LogP contribution >= 0.6 is 23.7 Å². The van der Waals surface area contributed by atoms with Crippen molar-refractivity contribution in [3.8, 4) is 0 Å². The zero-order valence-electron chi connectivity index (χ0n) is 17.9. The van der Waals surface area contributed by atoms with E-state index >= 15 is 0 Å². The summed E-state index contributed by atoms with van der Waals surface area (Å²) in [5, 5.41) is 5.15. The lowest BCUT2D eigenvalue weighted by molar-refractivity contribution is 0.0976. The number of hydrogen-bond acceptors (Lipinski definition) is 5. The summed E-state index contributed by atoms with van der Waals surface area (Å²) in [5.41, 5.74) is 1.48. The average molecular weight is 465 g/mol. The number of ketones is 1. The largest absolute Gasteiger partial charge is 0.356 e. The minimum atomic E-state index is -0.297. The summed E-state index contributed by atoms with van der Waals surface area (Å²) in [5.74, 6) is 0.329. The van der Waals surface area contributed by atoms with Crippen LogP contribution in [0.4, 0.5) is 4.39 Å². The highest BCUT2D eigenvalue weighted by Crippen LogP contribution is 2.33. The second kappa shape index (κ2) is 11.2. The number of likely N-dealkylation sites (tertiary alicyclic amines) is 1. The van der Waals surface area contributed by atoms with Crippen LogP contribution in [0.3, 0.4) is 0 Å².